The summed E-state index contributed by atoms with van der Waals surface area (Å²) in [5.74, 6) is 1.69. The molecule has 0 radical (unpaired) electrons. The van der Waals surface area contributed by atoms with E-state index in [1.165, 1.54) is 12.2 Å². The molecule has 1 fully saturated rings. The summed E-state index contributed by atoms with van der Waals surface area (Å²) >= 11 is 0. The van der Waals surface area contributed by atoms with Crippen LogP contribution >= 0.6 is 21.6 Å². The molecular weight excluding hydrogens is 176 g/mol. The molecule has 0 saturated carbocycles. The van der Waals surface area contributed by atoms with Gasteiger partial charge in [0.2, 0.25) is 0 Å². The van der Waals surface area contributed by atoms with Crippen LogP contribution in [-0.4, -0.2) is 16.8 Å². The number of carbonyl (C=O) groups excluding carboxylic acids is 1. The van der Waals surface area contributed by atoms with Gasteiger partial charge in [0.25, 0.3) is 0 Å². The van der Waals surface area contributed by atoms with E-state index in [2.05, 4.69) is 0 Å². The molecule has 1 rings (SSSR count). The zero-order valence-electron chi connectivity index (χ0n) is 6.84. The molecular formula is C8H14OS2. The first-order valence-corrected chi connectivity index (χ1v) is 6.51. The maximum atomic E-state index is 11.0. The van der Waals surface area contributed by atoms with Crippen molar-refractivity contribution in [1.82, 2.24) is 0 Å². The Balaban J connectivity index is 2.06. The van der Waals surface area contributed by atoms with Crippen molar-refractivity contribution < 1.29 is 4.79 Å². The highest BCUT2D eigenvalue weighted by molar-refractivity contribution is 8.77. The van der Waals surface area contributed by atoms with Crippen molar-refractivity contribution >= 4 is 27.4 Å². The van der Waals surface area contributed by atoms with E-state index in [9.17, 15) is 4.79 Å². The second kappa shape index (κ2) is 5.09. The molecule has 1 aliphatic rings. The minimum Gasteiger partial charge on any atom is -0.300 e. The van der Waals surface area contributed by atoms with Crippen LogP contribution in [-0.2, 0) is 4.79 Å². The molecule has 3 heteroatoms. The molecule has 0 aliphatic carbocycles. The van der Waals surface area contributed by atoms with Crippen LogP contribution in [0, 0.1) is 0 Å². The van der Waals surface area contributed by atoms with Crippen LogP contribution in [0.1, 0.15) is 32.6 Å². The highest BCUT2D eigenvalue weighted by atomic mass is 33.1. The molecule has 0 spiro atoms. The molecule has 0 bridgehead atoms. The van der Waals surface area contributed by atoms with Crippen molar-refractivity contribution in [2.45, 2.75) is 37.9 Å². The average molecular weight is 190 g/mol. The fraction of sp³-hybridized carbons (Fsp3) is 0.875. The van der Waals surface area contributed by atoms with E-state index in [1.54, 1.807) is 0 Å². The molecule has 1 atom stereocenters. The summed E-state index contributed by atoms with van der Waals surface area (Å²) in [5.41, 5.74) is 0. The first kappa shape index (κ1) is 9.46. The molecule has 1 saturated heterocycles. The molecule has 64 valence electrons. The van der Waals surface area contributed by atoms with Gasteiger partial charge in [0.05, 0.1) is 0 Å². The van der Waals surface area contributed by atoms with Crippen molar-refractivity contribution in [3.8, 4) is 0 Å². The van der Waals surface area contributed by atoms with Gasteiger partial charge in [-0.3, -0.25) is 4.79 Å². The summed E-state index contributed by atoms with van der Waals surface area (Å²) in [5, 5.41) is 0.760. The Labute approximate surface area is 76.1 Å². The third-order valence-corrected chi connectivity index (χ3v) is 4.87. The molecule has 0 N–H and O–H groups in total. The maximum absolute atomic E-state index is 11.0. The number of ketones is 1. The van der Waals surface area contributed by atoms with Crippen molar-refractivity contribution in [1.29, 1.82) is 0 Å². The largest absolute Gasteiger partial charge is 0.300 e. The molecule has 1 unspecified atom stereocenters. The quantitative estimate of drug-likeness (QED) is 0.635. The van der Waals surface area contributed by atoms with Crippen molar-refractivity contribution in [3.63, 3.8) is 0 Å². The standard InChI is InChI=1S/C8H14OS2/c1-2-7(9)3-4-8-5-6-10-11-8/h8H,2-6H2,1H3. The van der Waals surface area contributed by atoms with Crippen LogP contribution in [0.3, 0.4) is 0 Å². The first-order valence-electron chi connectivity index (χ1n) is 4.13. The number of rotatable bonds is 4. The summed E-state index contributed by atoms with van der Waals surface area (Å²) in [7, 11) is 3.91. The van der Waals surface area contributed by atoms with E-state index in [-0.39, 0.29) is 0 Å². The van der Waals surface area contributed by atoms with Crippen LogP contribution < -0.4 is 0 Å². The van der Waals surface area contributed by atoms with Crippen LogP contribution in [0.4, 0.5) is 0 Å². The van der Waals surface area contributed by atoms with Gasteiger partial charge >= 0.3 is 0 Å². The lowest BCUT2D eigenvalue weighted by molar-refractivity contribution is -0.118. The third-order valence-electron chi connectivity index (χ3n) is 1.87. The second-order valence-corrected chi connectivity index (χ2v) is 5.55. The molecule has 1 nitrogen and oxygen atoms in total. The molecule has 1 aliphatic heterocycles. The Morgan fingerprint density at radius 3 is 3.00 bits per heavy atom. The summed E-state index contributed by atoms with van der Waals surface area (Å²) in [6.07, 6.45) is 3.91. The molecule has 0 amide bonds. The maximum Gasteiger partial charge on any atom is 0.132 e. The lowest BCUT2D eigenvalue weighted by Crippen LogP contribution is -2.02. The SMILES string of the molecule is CCC(=O)CCC1CCSS1. The summed E-state index contributed by atoms with van der Waals surface area (Å²) in [6, 6.07) is 0. The predicted octanol–water partition coefficient (Wildman–Crippen LogP) is 2.90. The molecule has 0 aromatic rings. The van der Waals surface area contributed by atoms with E-state index in [1.807, 2.05) is 28.5 Å². The summed E-state index contributed by atoms with van der Waals surface area (Å²) in [6.45, 7) is 1.94. The Kier molecular flexibility index (Phi) is 4.38. The van der Waals surface area contributed by atoms with Gasteiger partial charge in [0.15, 0.2) is 0 Å². The van der Waals surface area contributed by atoms with Gasteiger partial charge in [-0.15, -0.1) is 0 Å². The van der Waals surface area contributed by atoms with Gasteiger partial charge in [-0.1, -0.05) is 28.5 Å². The number of hydrogen-bond acceptors (Lipinski definition) is 3. The lowest BCUT2D eigenvalue weighted by atomic mass is 10.1. The molecule has 0 aromatic heterocycles. The zero-order valence-corrected chi connectivity index (χ0v) is 8.47. The predicted molar refractivity (Wildman–Crippen MR) is 53.0 cm³/mol. The number of Topliss-reactive ketones (excluding diaryl/α,β-unsaturated/α-hetero) is 1. The number of carbonyl (C=O) groups is 1. The average Bonchev–Trinajstić information content (AvgIpc) is 2.52. The van der Waals surface area contributed by atoms with Crippen molar-refractivity contribution in [3.05, 3.63) is 0 Å². The van der Waals surface area contributed by atoms with E-state index >= 15 is 0 Å². The highest BCUT2D eigenvalue weighted by Crippen LogP contribution is 2.39. The van der Waals surface area contributed by atoms with Crippen LogP contribution in [0.25, 0.3) is 0 Å². The highest BCUT2D eigenvalue weighted by Gasteiger charge is 2.16. The molecule has 1 heterocycles. The fourth-order valence-electron chi connectivity index (χ4n) is 1.06. The van der Waals surface area contributed by atoms with Crippen LogP contribution in [0.15, 0.2) is 0 Å². The second-order valence-electron chi connectivity index (χ2n) is 2.76. The minimum absolute atomic E-state index is 0.419. The Bertz CT molecular complexity index is 130. The van der Waals surface area contributed by atoms with Gasteiger partial charge in [0.1, 0.15) is 5.78 Å². The van der Waals surface area contributed by atoms with Gasteiger partial charge in [-0.05, 0) is 12.8 Å². The summed E-state index contributed by atoms with van der Waals surface area (Å²) in [4.78, 5) is 11.0. The Hall–Kier alpha value is 0.370. The van der Waals surface area contributed by atoms with E-state index < -0.39 is 0 Å². The van der Waals surface area contributed by atoms with Crippen LogP contribution in [0.2, 0.25) is 0 Å². The fourth-order valence-corrected chi connectivity index (χ4v) is 4.04. The Morgan fingerprint density at radius 1 is 1.64 bits per heavy atom. The van der Waals surface area contributed by atoms with Crippen LogP contribution in [0.5, 0.6) is 0 Å². The van der Waals surface area contributed by atoms with E-state index in [0.29, 0.717) is 12.2 Å². The normalized spacial score (nSPS) is 23.9. The van der Waals surface area contributed by atoms with Gasteiger partial charge in [0, 0.05) is 23.8 Å². The molecule has 11 heavy (non-hydrogen) atoms. The van der Waals surface area contributed by atoms with E-state index in [0.717, 1.165) is 18.1 Å². The lowest BCUT2D eigenvalue weighted by Gasteiger charge is -2.04. The third kappa shape index (κ3) is 3.52. The van der Waals surface area contributed by atoms with E-state index in [4.69, 9.17) is 0 Å². The smallest absolute Gasteiger partial charge is 0.132 e. The van der Waals surface area contributed by atoms with Gasteiger partial charge < -0.3 is 0 Å². The van der Waals surface area contributed by atoms with Gasteiger partial charge in [-0.2, -0.15) is 0 Å². The number of hydrogen-bond donors (Lipinski definition) is 0. The van der Waals surface area contributed by atoms with Gasteiger partial charge in [-0.25, -0.2) is 0 Å². The van der Waals surface area contributed by atoms with Crippen molar-refractivity contribution in [2.24, 2.45) is 0 Å². The van der Waals surface area contributed by atoms with Crippen molar-refractivity contribution in [2.75, 3.05) is 5.75 Å². The first-order chi connectivity index (χ1) is 5.33. The Morgan fingerprint density at radius 2 is 2.45 bits per heavy atom. The topological polar surface area (TPSA) is 17.1 Å². The minimum atomic E-state index is 0.419. The summed E-state index contributed by atoms with van der Waals surface area (Å²) < 4.78 is 0. The monoisotopic (exact) mass is 190 g/mol. The zero-order chi connectivity index (χ0) is 8.10. The molecule has 0 aromatic carbocycles.